The quantitative estimate of drug-likeness (QED) is 0.0595. The van der Waals surface area contributed by atoms with Crippen molar-refractivity contribution in [3.8, 4) is 27.6 Å². The first-order chi connectivity index (χ1) is 31.9. The number of benzene rings is 3. The number of ketones is 1. The minimum Gasteiger partial charge on any atom is -0.463 e. The van der Waals surface area contributed by atoms with Crippen LogP contribution in [-0.4, -0.2) is 65.6 Å². The van der Waals surface area contributed by atoms with Crippen molar-refractivity contribution in [2.24, 2.45) is 17.3 Å². The molecule has 1 aliphatic carbocycles. The Kier molecular flexibility index (Phi) is 16.8. The molecular weight excluding hydrogens is 888 g/mol. The topological polar surface area (TPSA) is 177 Å². The molecule has 5 aromatic rings. The molecule has 2 aromatic heterocycles. The van der Waals surface area contributed by atoms with Gasteiger partial charge in [-0.2, -0.15) is 5.26 Å². The molecular formula is C52H61ClN6O7S. The summed E-state index contributed by atoms with van der Waals surface area (Å²) in [4.78, 5) is 61.6. The Balaban J connectivity index is 1.05. The number of nitrogens with one attached hydrogen (secondary N) is 2. The summed E-state index contributed by atoms with van der Waals surface area (Å²) in [5.74, 6) is -2.34. The fraction of sp³-hybridized carbons (Fsp3) is 0.442. The molecule has 67 heavy (non-hydrogen) atoms. The third-order valence-corrected chi connectivity index (χ3v) is 13.7. The number of thiazole rings is 1. The van der Waals surface area contributed by atoms with E-state index in [0.717, 1.165) is 74.1 Å². The van der Waals surface area contributed by atoms with E-state index in [-0.39, 0.29) is 37.2 Å². The van der Waals surface area contributed by atoms with Crippen LogP contribution in [0.25, 0.3) is 21.6 Å². The van der Waals surface area contributed by atoms with Gasteiger partial charge in [-0.05, 0) is 119 Å². The molecule has 13 nitrogen and oxygen atoms in total. The van der Waals surface area contributed by atoms with E-state index in [0.29, 0.717) is 30.2 Å². The minimum absolute atomic E-state index is 0.175. The Labute approximate surface area is 402 Å². The zero-order chi connectivity index (χ0) is 48.6. The van der Waals surface area contributed by atoms with Gasteiger partial charge in [-0.15, -0.1) is 11.3 Å². The number of nitrogens with zero attached hydrogens (tertiary/aromatic N) is 4. The number of Topliss-reactive ketones (excluding diaryl/α,β-unsaturated/α-hetero) is 1. The Morgan fingerprint density at radius 1 is 0.940 bits per heavy atom. The summed E-state index contributed by atoms with van der Waals surface area (Å²) in [6.45, 7) is 17.4. The summed E-state index contributed by atoms with van der Waals surface area (Å²) in [6.07, 6.45) is 2.01. The second kappa shape index (κ2) is 22.3. The number of nitriles is 1. The smallest absolute Gasteiger partial charge is 0.302 e. The standard InChI is InChI=1S/C52H61ClN6O7S/c1-30-13-14-38(47-32(3)58-66-34(47)5)23-45(30)59(40-20-19-39(27-54)44(53)24-40)21-11-10-12-22-64-28-46(61)57-50(52(7,8)9)48(62)42-25-41(65-35(6)60)26-43(42)51(63)56-31(2)36-15-17-37(18-16-36)49-33(4)55-29-67-49/h13-20,23-24,29,31,41-43,50H,10-12,21-22,25-26,28H2,1-9H3,(H,56,63)(H,57,61)/t31-,41-,42?,43+,50+/m0/s1. The fourth-order valence-electron chi connectivity index (χ4n) is 8.88. The number of aromatic nitrogens is 2. The Bertz CT molecular complexity index is 2590. The molecule has 354 valence electrons. The van der Waals surface area contributed by atoms with E-state index in [9.17, 15) is 24.4 Å². The highest BCUT2D eigenvalue weighted by Gasteiger charge is 2.48. The lowest BCUT2D eigenvalue weighted by atomic mass is 9.77. The molecule has 1 unspecified atom stereocenters. The molecule has 3 aromatic carbocycles. The van der Waals surface area contributed by atoms with E-state index in [1.165, 1.54) is 6.92 Å². The summed E-state index contributed by atoms with van der Waals surface area (Å²) in [7, 11) is 0. The lowest BCUT2D eigenvalue weighted by molar-refractivity contribution is -0.146. The maximum Gasteiger partial charge on any atom is 0.302 e. The third kappa shape index (κ3) is 12.6. The van der Waals surface area contributed by atoms with Crippen molar-refractivity contribution < 1.29 is 33.2 Å². The Morgan fingerprint density at radius 2 is 1.66 bits per heavy atom. The highest BCUT2D eigenvalue weighted by atomic mass is 35.5. The SMILES string of the molecule is CC(=O)O[C@H]1CC(C(=O)[C@@H](NC(=O)COCCCCCN(c2ccc(C#N)c(Cl)c2)c2cc(-c3c(C)noc3C)ccc2C)C(C)(C)C)[C@H](C(=O)N[C@@H](C)c2ccc(-c3scnc3C)cc2)C1. The second-order valence-electron chi connectivity index (χ2n) is 18.5. The number of anilines is 2. The van der Waals surface area contributed by atoms with E-state index in [1.807, 2.05) is 90.4 Å². The van der Waals surface area contributed by atoms with Gasteiger partial charge in [-0.25, -0.2) is 4.98 Å². The maximum atomic E-state index is 14.5. The Morgan fingerprint density at radius 3 is 2.28 bits per heavy atom. The fourth-order valence-corrected chi connectivity index (χ4v) is 9.91. The molecule has 0 saturated heterocycles. The van der Waals surface area contributed by atoms with Gasteiger partial charge in [0.2, 0.25) is 11.8 Å². The van der Waals surface area contributed by atoms with Gasteiger partial charge >= 0.3 is 5.97 Å². The molecule has 0 bridgehead atoms. The van der Waals surface area contributed by atoms with Gasteiger partial charge in [0, 0.05) is 42.9 Å². The van der Waals surface area contributed by atoms with Crippen molar-refractivity contribution in [1.29, 1.82) is 5.26 Å². The third-order valence-electron chi connectivity index (χ3n) is 12.4. The van der Waals surface area contributed by atoms with Crippen LogP contribution in [0.1, 0.15) is 107 Å². The predicted octanol–water partition coefficient (Wildman–Crippen LogP) is 10.5. The van der Waals surface area contributed by atoms with Crippen molar-refractivity contribution in [1.82, 2.24) is 20.8 Å². The molecule has 1 saturated carbocycles. The zero-order valence-electron chi connectivity index (χ0n) is 39.8. The molecule has 0 radical (unpaired) electrons. The summed E-state index contributed by atoms with van der Waals surface area (Å²) < 4.78 is 16.9. The van der Waals surface area contributed by atoms with Gasteiger partial charge in [0.05, 0.1) is 50.4 Å². The van der Waals surface area contributed by atoms with Crippen molar-refractivity contribution in [2.45, 2.75) is 113 Å². The predicted molar refractivity (Wildman–Crippen MR) is 261 cm³/mol. The average Bonchev–Trinajstić information content (AvgIpc) is 4.00. The van der Waals surface area contributed by atoms with E-state index in [4.69, 9.17) is 25.6 Å². The zero-order valence-corrected chi connectivity index (χ0v) is 41.4. The molecule has 2 amide bonds. The average molecular weight is 950 g/mol. The second-order valence-corrected chi connectivity index (χ2v) is 19.8. The van der Waals surface area contributed by atoms with E-state index >= 15 is 0 Å². The van der Waals surface area contributed by atoms with Crippen LogP contribution in [0.2, 0.25) is 5.02 Å². The number of rotatable bonds is 19. The summed E-state index contributed by atoms with van der Waals surface area (Å²) in [5.41, 5.74) is 10.0. The minimum atomic E-state index is -0.929. The molecule has 5 atom stereocenters. The Hall–Kier alpha value is -5.88. The number of aryl methyl sites for hydroxylation is 4. The molecule has 0 spiro atoms. The van der Waals surface area contributed by atoms with E-state index in [1.54, 1.807) is 17.4 Å². The highest BCUT2D eigenvalue weighted by molar-refractivity contribution is 7.13. The molecule has 15 heteroatoms. The molecule has 2 N–H and O–H groups in total. The van der Waals surface area contributed by atoms with Crippen LogP contribution in [0, 0.1) is 56.3 Å². The molecule has 1 aliphatic rings. The van der Waals surface area contributed by atoms with Gasteiger partial charge in [-0.1, -0.05) is 73.9 Å². The van der Waals surface area contributed by atoms with Gasteiger partial charge in [-0.3, -0.25) is 19.2 Å². The van der Waals surface area contributed by atoms with Crippen molar-refractivity contribution in [2.75, 3.05) is 24.7 Å². The van der Waals surface area contributed by atoms with Crippen LogP contribution < -0.4 is 15.5 Å². The normalized spacial score (nSPS) is 16.8. The van der Waals surface area contributed by atoms with Crippen molar-refractivity contribution >= 4 is 57.9 Å². The van der Waals surface area contributed by atoms with Gasteiger partial charge < -0.3 is 29.5 Å². The number of amides is 2. The maximum absolute atomic E-state index is 14.5. The first-order valence-electron chi connectivity index (χ1n) is 22.8. The lowest BCUT2D eigenvalue weighted by Gasteiger charge is -2.33. The van der Waals surface area contributed by atoms with Crippen LogP contribution >= 0.6 is 22.9 Å². The summed E-state index contributed by atoms with van der Waals surface area (Å²) in [5, 5.41) is 20.1. The molecule has 2 heterocycles. The van der Waals surface area contributed by atoms with Crippen LogP contribution in [0.5, 0.6) is 0 Å². The highest BCUT2D eigenvalue weighted by Crippen LogP contribution is 2.40. The number of hydrogen-bond donors (Lipinski definition) is 2. The largest absolute Gasteiger partial charge is 0.463 e. The van der Waals surface area contributed by atoms with Crippen molar-refractivity contribution in [3.05, 3.63) is 105 Å². The monoisotopic (exact) mass is 948 g/mol. The van der Waals surface area contributed by atoms with Crippen LogP contribution in [0.3, 0.4) is 0 Å². The number of carbonyl (C=O) groups excluding carboxylic acids is 4. The molecule has 6 rings (SSSR count). The van der Waals surface area contributed by atoms with Gasteiger partial charge in [0.15, 0.2) is 5.78 Å². The number of hydrogen-bond acceptors (Lipinski definition) is 12. The van der Waals surface area contributed by atoms with Crippen LogP contribution in [0.4, 0.5) is 11.4 Å². The molecule has 1 fully saturated rings. The number of carbonyl (C=O) groups is 4. The van der Waals surface area contributed by atoms with Crippen LogP contribution in [0.15, 0.2) is 70.7 Å². The van der Waals surface area contributed by atoms with Gasteiger partial charge in [0.1, 0.15) is 24.5 Å². The number of halogens is 1. The number of ether oxygens (including phenoxy) is 2. The number of unbranched alkanes of at least 4 members (excludes halogenated alkanes) is 2. The van der Waals surface area contributed by atoms with Crippen molar-refractivity contribution in [3.63, 3.8) is 0 Å². The number of esters is 1. The first-order valence-corrected chi connectivity index (χ1v) is 24.0. The summed E-state index contributed by atoms with van der Waals surface area (Å²) >= 11 is 8.10. The van der Waals surface area contributed by atoms with Crippen LogP contribution in [-0.2, 0) is 28.7 Å². The van der Waals surface area contributed by atoms with E-state index < -0.39 is 41.3 Å². The van der Waals surface area contributed by atoms with E-state index in [2.05, 4.69) is 56.9 Å². The van der Waals surface area contributed by atoms with Gasteiger partial charge in [0.25, 0.3) is 0 Å². The first kappa shape index (κ1) is 50.5. The molecule has 0 aliphatic heterocycles. The lowest BCUT2D eigenvalue weighted by Crippen LogP contribution is -2.53. The summed E-state index contributed by atoms with van der Waals surface area (Å²) in [6, 6.07) is 20.5.